The van der Waals surface area contributed by atoms with E-state index in [1.807, 2.05) is 81.4 Å². The van der Waals surface area contributed by atoms with E-state index in [4.69, 9.17) is 0 Å². The summed E-state index contributed by atoms with van der Waals surface area (Å²) in [5.74, 6) is 0.709. The maximum atomic E-state index is 13.0. The van der Waals surface area contributed by atoms with Gasteiger partial charge in [0.1, 0.15) is 0 Å². The first-order chi connectivity index (χ1) is 19.9. The van der Waals surface area contributed by atoms with Gasteiger partial charge in [-0.05, 0) is 61.2 Å². The molecule has 2 aromatic heterocycles. The number of aromatic nitrogens is 2. The molecule has 0 radical (unpaired) electrons. The molecule has 6 rings (SSSR count). The predicted octanol–water partition coefficient (Wildman–Crippen LogP) is 9.81. The monoisotopic (exact) mass is 548 g/mol. The van der Waals surface area contributed by atoms with Gasteiger partial charge in [-0.25, -0.2) is 0 Å². The maximum absolute atomic E-state index is 13.0. The number of hydrogen-bond acceptors (Lipinski definition) is 2. The van der Waals surface area contributed by atoms with Crippen molar-refractivity contribution in [1.82, 2.24) is 9.55 Å². The zero-order chi connectivity index (χ0) is 29.9. The molecule has 0 aliphatic carbocycles. The van der Waals surface area contributed by atoms with Gasteiger partial charge in [-0.15, -0.1) is 0 Å². The van der Waals surface area contributed by atoms with Crippen LogP contribution >= 0.6 is 0 Å². The number of aryl methyl sites for hydroxylation is 1. The van der Waals surface area contributed by atoms with Crippen LogP contribution in [0, 0.1) is 0 Å². The second kappa shape index (κ2) is 15.0. The number of para-hydroxylation sites is 2. The van der Waals surface area contributed by atoms with Crippen molar-refractivity contribution >= 4 is 43.6 Å². The Bertz CT molecular complexity index is 1830. The Morgan fingerprint density at radius 2 is 1.20 bits per heavy atom. The first kappa shape index (κ1) is 31.3. The summed E-state index contributed by atoms with van der Waals surface area (Å²) in [7, 11) is 0. The first-order valence-corrected chi connectivity index (χ1v) is 15.0. The van der Waals surface area contributed by atoms with E-state index in [-0.39, 0.29) is 10.9 Å². The average Bonchev–Trinajstić information content (AvgIpc) is 3.03. The van der Waals surface area contributed by atoms with Crippen LogP contribution < -0.4 is 10.9 Å². The number of nitrogens with zero attached hydrogens (tertiary/aromatic N) is 1. The molecule has 4 heteroatoms. The molecule has 2 heterocycles. The minimum atomic E-state index is -0.0143. The molecule has 1 atom stereocenters. The topological polar surface area (TPSA) is 54.9 Å². The summed E-state index contributed by atoms with van der Waals surface area (Å²) in [6, 6.07) is 29.4. The molecule has 4 aromatic carbocycles. The third-order valence-corrected chi connectivity index (χ3v) is 7.09. The Morgan fingerprint density at radius 1 is 0.634 bits per heavy atom. The molecule has 0 aliphatic heterocycles. The summed E-state index contributed by atoms with van der Waals surface area (Å²) < 4.78 is 2.10. The van der Waals surface area contributed by atoms with Crippen LogP contribution in [0.3, 0.4) is 0 Å². The summed E-state index contributed by atoms with van der Waals surface area (Å²) in [4.78, 5) is 29.3. The molecule has 0 saturated carbocycles. The fraction of sp³-hybridized carbons (Fsp3) is 0.297. The third kappa shape index (κ3) is 6.77. The Kier molecular flexibility index (Phi) is 11.5. The third-order valence-electron chi connectivity index (χ3n) is 7.09. The van der Waals surface area contributed by atoms with Crippen molar-refractivity contribution in [2.45, 2.75) is 73.8 Å². The predicted molar refractivity (Wildman–Crippen MR) is 179 cm³/mol. The van der Waals surface area contributed by atoms with Gasteiger partial charge in [-0.2, -0.15) is 0 Å². The molecule has 0 amide bonds. The van der Waals surface area contributed by atoms with Crippen LogP contribution in [0.2, 0.25) is 0 Å². The lowest BCUT2D eigenvalue weighted by atomic mass is 9.99. The van der Waals surface area contributed by atoms with Gasteiger partial charge in [-0.3, -0.25) is 9.59 Å². The lowest BCUT2D eigenvalue weighted by Crippen LogP contribution is -2.12. The molecule has 214 valence electrons. The molecule has 6 aromatic rings. The number of aromatic amines is 1. The van der Waals surface area contributed by atoms with Crippen LogP contribution in [0.4, 0.5) is 0 Å². The number of H-pyrrole nitrogens is 1. The van der Waals surface area contributed by atoms with Gasteiger partial charge in [0.15, 0.2) is 10.9 Å². The van der Waals surface area contributed by atoms with Crippen LogP contribution in [0.5, 0.6) is 0 Å². The van der Waals surface area contributed by atoms with Crippen molar-refractivity contribution in [2.24, 2.45) is 0 Å². The molecule has 1 unspecified atom stereocenters. The Hall–Kier alpha value is -4.18. The van der Waals surface area contributed by atoms with E-state index in [0.717, 1.165) is 16.6 Å². The van der Waals surface area contributed by atoms with Gasteiger partial charge in [0, 0.05) is 33.6 Å². The maximum Gasteiger partial charge on any atom is 0.197 e. The summed E-state index contributed by atoms with van der Waals surface area (Å²) in [6.07, 6.45) is 2.48. The lowest BCUT2D eigenvalue weighted by Gasteiger charge is -2.14. The van der Waals surface area contributed by atoms with Crippen molar-refractivity contribution in [3.63, 3.8) is 0 Å². The van der Waals surface area contributed by atoms with E-state index >= 15 is 0 Å². The van der Waals surface area contributed by atoms with Crippen molar-refractivity contribution in [3.8, 4) is 0 Å². The largest absolute Gasteiger partial charge is 0.354 e. The van der Waals surface area contributed by atoms with E-state index in [0.29, 0.717) is 39.5 Å². The normalized spacial score (nSPS) is 11.2. The zero-order valence-corrected chi connectivity index (χ0v) is 25.6. The minimum absolute atomic E-state index is 0.00351. The van der Waals surface area contributed by atoms with Gasteiger partial charge < -0.3 is 9.55 Å². The van der Waals surface area contributed by atoms with E-state index in [1.54, 1.807) is 0 Å². The van der Waals surface area contributed by atoms with Crippen LogP contribution in [0.25, 0.3) is 43.6 Å². The second-order valence-electron chi connectivity index (χ2n) is 9.93. The lowest BCUT2D eigenvalue weighted by molar-refractivity contribution is 0.733. The van der Waals surface area contributed by atoms with Crippen LogP contribution in [-0.4, -0.2) is 9.55 Å². The van der Waals surface area contributed by atoms with Crippen molar-refractivity contribution < 1.29 is 0 Å². The first-order valence-electron chi connectivity index (χ1n) is 15.0. The molecule has 0 spiro atoms. The molecule has 4 nitrogen and oxygen atoms in total. The molecular formula is C37H44N2O2. The van der Waals surface area contributed by atoms with E-state index in [2.05, 4.69) is 67.6 Å². The van der Waals surface area contributed by atoms with Gasteiger partial charge in [-0.1, -0.05) is 103 Å². The molecule has 0 saturated heterocycles. The number of rotatable bonds is 3. The summed E-state index contributed by atoms with van der Waals surface area (Å²) in [5, 5.41) is 2.59. The van der Waals surface area contributed by atoms with Crippen molar-refractivity contribution in [1.29, 1.82) is 0 Å². The van der Waals surface area contributed by atoms with Crippen LogP contribution in [0.1, 0.15) is 72.8 Å². The van der Waals surface area contributed by atoms with E-state index in [9.17, 15) is 9.59 Å². The van der Waals surface area contributed by atoms with E-state index < -0.39 is 0 Å². The second-order valence-corrected chi connectivity index (χ2v) is 9.93. The highest BCUT2D eigenvalue weighted by molar-refractivity contribution is 6.03. The molecular weight excluding hydrogens is 504 g/mol. The number of pyridine rings is 2. The fourth-order valence-corrected chi connectivity index (χ4v) is 4.90. The standard InChI is InChI=1S/C22H16N2O2.C10H14.C3H8.C2H6/c1-2-24-19-10-6-4-8-14(19)22(26)16-11-18-15(12-20(16)24)21(25)13-7-3-5-9-17(13)23-18;1-3-9(2)10-7-5-4-6-8-10;1-3-2;1-2/h3-12H,2H2,1H3,(H,23,25);4-9H,3H2,1-2H3;3H2,1-2H3;1-2H3. The van der Waals surface area contributed by atoms with Crippen molar-refractivity contribution in [3.05, 3.63) is 117 Å². The summed E-state index contributed by atoms with van der Waals surface area (Å²) >= 11 is 0. The minimum Gasteiger partial charge on any atom is -0.354 e. The fourth-order valence-electron chi connectivity index (χ4n) is 4.90. The number of nitrogens with one attached hydrogen (secondary N) is 1. The van der Waals surface area contributed by atoms with Crippen LogP contribution in [-0.2, 0) is 6.54 Å². The van der Waals surface area contributed by atoms with Gasteiger partial charge in [0.2, 0.25) is 0 Å². The van der Waals surface area contributed by atoms with Crippen molar-refractivity contribution in [2.75, 3.05) is 0 Å². The number of benzene rings is 4. The van der Waals surface area contributed by atoms with Gasteiger partial charge in [0.25, 0.3) is 0 Å². The van der Waals surface area contributed by atoms with Gasteiger partial charge >= 0.3 is 0 Å². The van der Waals surface area contributed by atoms with Crippen LogP contribution in [0.15, 0.2) is 101 Å². The Morgan fingerprint density at radius 3 is 1.83 bits per heavy atom. The molecule has 0 bridgehead atoms. The Labute approximate surface area is 243 Å². The highest BCUT2D eigenvalue weighted by Gasteiger charge is 2.13. The Balaban J connectivity index is 0.000000258. The smallest absolute Gasteiger partial charge is 0.197 e. The highest BCUT2D eigenvalue weighted by Crippen LogP contribution is 2.24. The highest BCUT2D eigenvalue weighted by atomic mass is 16.1. The summed E-state index contributed by atoms with van der Waals surface area (Å²) in [5.41, 5.74) is 4.59. The summed E-state index contributed by atoms with van der Waals surface area (Å²) in [6.45, 7) is 15.5. The quantitative estimate of drug-likeness (QED) is 0.224. The molecule has 0 fully saturated rings. The average molecular weight is 549 g/mol. The molecule has 41 heavy (non-hydrogen) atoms. The molecule has 1 N–H and O–H groups in total. The SMILES string of the molecule is CC.CCC.CCC(C)c1ccccc1.CCn1c2ccccc2c(=O)c2cc3[nH]c4ccccc4c(=O)c3cc21. The zero-order valence-electron chi connectivity index (χ0n) is 25.6. The number of hydrogen-bond donors (Lipinski definition) is 1. The molecule has 0 aliphatic rings. The number of fused-ring (bicyclic) bond motifs is 4. The van der Waals surface area contributed by atoms with E-state index in [1.165, 1.54) is 18.4 Å². The van der Waals surface area contributed by atoms with Gasteiger partial charge in [0.05, 0.1) is 16.6 Å².